The average molecular weight is 425 g/mol. The predicted molar refractivity (Wildman–Crippen MR) is 98.4 cm³/mol. The first-order chi connectivity index (χ1) is 12.1. The van der Waals surface area contributed by atoms with Crippen LogP contribution in [0.2, 0.25) is 0 Å². The van der Waals surface area contributed by atoms with Gasteiger partial charge in [0, 0.05) is 15.9 Å². The minimum Gasteiger partial charge on any atom is -0.805 e. The fourth-order valence-electron chi connectivity index (χ4n) is 2.39. The summed E-state index contributed by atoms with van der Waals surface area (Å²) in [4.78, 5) is 13.7. The molecule has 2 aromatic carbocycles. The molecule has 1 aromatic heterocycles. The second kappa shape index (κ2) is 7.45. The van der Waals surface area contributed by atoms with E-state index in [1.54, 1.807) is 6.92 Å². The number of ether oxygens (including phenoxy) is 1. The molecular weight excluding hydrogens is 411 g/mol. The highest BCUT2D eigenvalue weighted by atomic mass is 79.9. The van der Waals surface area contributed by atoms with Crippen molar-refractivity contribution >= 4 is 38.7 Å². The molecule has 0 fully saturated rings. The molecule has 8 heteroatoms. The maximum Gasteiger partial charge on any atom is 0.322 e. The highest BCUT2D eigenvalue weighted by Crippen LogP contribution is 2.31. The second-order valence-corrected chi connectivity index (χ2v) is 6.72. The molecule has 0 saturated heterocycles. The van der Waals surface area contributed by atoms with Crippen LogP contribution in [0, 0.1) is 15.9 Å². The lowest BCUT2D eigenvalue weighted by Gasteiger charge is -2.18. The van der Waals surface area contributed by atoms with Gasteiger partial charge in [0.1, 0.15) is 11.2 Å². The number of aromatic nitrogens is 2. The van der Waals surface area contributed by atoms with Gasteiger partial charge in [-0.3, -0.25) is 0 Å². The van der Waals surface area contributed by atoms with Crippen molar-refractivity contribution in [2.45, 2.75) is 22.2 Å². The maximum absolute atomic E-state index is 14.1. The van der Waals surface area contributed by atoms with Crippen LogP contribution in [0.4, 0.5) is 4.39 Å². The zero-order chi connectivity index (χ0) is 18.0. The van der Waals surface area contributed by atoms with E-state index in [1.165, 1.54) is 17.8 Å². The lowest BCUT2D eigenvalue weighted by atomic mass is 10.2. The molecule has 130 valence electrons. The Balaban J connectivity index is 2.27. The Hall–Kier alpha value is -2.06. The Labute approximate surface area is 155 Å². The molecule has 0 radical (unpaired) electrons. The van der Waals surface area contributed by atoms with Gasteiger partial charge in [0.15, 0.2) is 11.6 Å². The van der Waals surface area contributed by atoms with E-state index in [2.05, 4.69) is 15.9 Å². The molecule has 0 atom stereocenters. The van der Waals surface area contributed by atoms with Crippen molar-refractivity contribution < 1.29 is 13.6 Å². The van der Waals surface area contributed by atoms with Crippen LogP contribution >= 0.6 is 27.7 Å². The van der Waals surface area contributed by atoms with Gasteiger partial charge >= 0.3 is 5.03 Å². The second-order valence-electron chi connectivity index (χ2n) is 5.09. The summed E-state index contributed by atoms with van der Waals surface area (Å²) >= 11 is 4.43. The third-order valence-electron chi connectivity index (χ3n) is 3.53. The van der Waals surface area contributed by atoms with Gasteiger partial charge in [-0.2, -0.15) is 0 Å². The van der Waals surface area contributed by atoms with Crippen molar-refractivity contribution in [1.82, 2.24) is 4.73 Å². The van der Waals surface area contributed by atoms with Crippen molar-refractivity contribution in [3.05, 3.63) is 64.1 Å². The number of fused-ring (bicyclic) bond motifs is 1. The molecule has 5 nitrogen and oxygen atoms in total. The Morgan fingerprint density at radius 2 is 2.04 bits per heavy atom. The normalized spacial score (nSPS) is 11.0. The molecule has 3 aromatic rings. The molecule has 25 heavy (non-hydrogen) atoms. The highest BCUT2D eigenvalue weighted by molar-refractivity contribution is 9.08. The van der Waals surface area contributed by atoms with Crippen molar-refractivity contribution in [1.29, 1.82) is 0 Å². The standard InChI is InChI=1S/C17H14BrFN2O3S/c1-2-24-16-9-14-13(8-12(16)19)20(22)15(10-18)17(21(14)23)25-11-6-4-3-5-7-11/h3-9H,2,10H2,1H3. The molecule has 0 spiro atoms. The Bertz CT molecular complexity index is 979. The third-order valence-corrected chi connectivity index (χ3v) is 5.16. The van der Waals surface area contributed by atoms with E-state index in [0.29, 0.717) is 9.16 Å². The molecule has 0 aliphatic heterocycles. The van der Waals surface area contributed by atoms with Crippen LogP contribution in [0.5, 0.6) is 5.75 Å². The average Bonchev–Trinajstić information content (AvgIpc) is 2.62. The minimum atomic E-state index is -0.678. The molecule has 0 bridgehead atoms. The number of hydrogen-bond acceptors (Lipinski definition) is 4. The fraction of sp³-hybridized carbons (Fsp3) is 0.176. The van der Waals surface area contributed by atoms with Crippen molar-refractivity contribution in [3.8, 4) is 5.75 Å². The molecule has 0 aliphatic rings. The van der Waals surface area contributed by atoms with Crippen molar-refractivity contribution in [2.24, 2.45) is 0 Å². The SMILES string of the molecule is CCOc1cc2c(cc1F)n([O-])c(CBr)c(Sc1ccccc1)[n+]2=O. The van der Waals surface area contributed by atoms with E-state index in [1.807, 2.05) is 30.3 Å². The number of hydrogen-bond donors (Lipinski definition) is 0. The summed E-state index contributed by atoms with van der Waals surface area (Å²) in [5, 5.41) is 13.1. The largest absolute Gasteiger partial charge is 0.805 e. The van der Waals surface area contributed by atoms with Gasteiger partial charge in [0.25, 0.3) is 5.52 Å². The van der Waals surface area contributed by atoms with E-state index in [-0.39, 0.29) is 39.4 Å². The lowest BCUT2D eigenvalue weighted by molar-refractivity contribution is -0.510. The fourth-order valence-corrected chi connectivity index (χ4v) is 4.04. The van der Waals surface area contributed by atoms with Gasteiger partial charge in [0.05, 0.1) is 22.4 Å². The summed E-state index contributed by atoms with van der Waals surface area (Å²) in [6.07, 6.45) is 0. The van der Waals surface area contributed by atoms with E-state index >= 15 is 0 Å². The number of benzene rings is 2. The van der Waals surface area contributed by atoms with Crippen LogP contribution in [0.15, 0.2) is 52.4 Å². The van der Waals surface area contributed by atoms with Crippen molar-refractivity contribution in [3.63, 3.8) is 0 Å². The van der Waals surface area contributed by atoms with Crippen LogP contribution in [0.25, 0.3) is 11.0 Å². The molecule has 0 aliphatic carbocycles. The third kappa shape index (κ3) is 3.36. The Morgan fingerprint density at radius 3 is 2.68 bits per heavy atom. The molecule has 0 unspecified atom stereocenters. The summed E-state index contributed by atoms with van der Waals surface area (Å²) in [7, 11) is 0. The van der Waals surface area contributed by atoms with E-state index in [4.69, 9.17) is 4.74 Å². The first-order valence-corrected chi connectivity index (χ1v) is 9.43. The highest BCUT2D eigenvalue weighted by Gasteiger charge is 2.25. The van der Waals surface area contributed by atoms with E-state index in [9.17, 15) is 14.5 Å². The summed E-state index contributed by atoms with van der Waals surface area (Å²) in [6, 6.07) is 11.6. The van der Waals surface area contributed by atoms with Gasteiger partial charge < -0.3 is 14.7 Å². The topological polar surface area (TPSA) is 60.2 Å². The summed E-state index contributed by atoms with van der Waals surface area (Å²) in [5.74, 6) is -0.732. The monoisotopic (exact) mass is 424 g/mol. The summed E-state index contributed by atoms with van der Waals surface area (Å²) < 4.78 is 20.5. The van der Waals surface area contributed by atoms with Gasteiger partial charge in [-0.1, -0.05) is 34.1 Å². The van der Waals surface area contributed by atoms with Crippen LogP contribution in [0.1, 0.15) is 12.6 Å². The molecule has 0 amide bonds. The molecular formula is C17H14BrFN2O3S. The molecule has 3 rings (SSSR count). The van der Waals surface area contributed by atoms with Crippen molar-refractivity contribution in [2.75, 3.05) is 6.61 Å². The smallest absolute Gasteiger partial charge is 0.322 e. The first-order valence-electron chi connectivity index (χ1n) is 7.49. The molecule has 0 N–H and O–H groups in total. The maximum atomic E-state index is 14.1. The zero-order valence-electron chi connectivity index (χ0n) is 13.2. The van der Waals surface area contributed by atoms with Gasteiger partial charge in [0.2, 0.25) is 0 Å². The predicted octanol–water partition coefficient (Wildman–Crippen LogP) is 4.49. The van der Waals surface area contributed by atoms with Gasteiger partial charge in [-0.25, -0.2) is 4.39 Å². The Morgan fingerprint density at radius 1 is 1.32 bits per heavy atom. The van der Waals surface area contributed by atoms with Gasteiger partial charge in [-0.05, 0) is 30.8 Å². The Kier molecular flexibility index (Phi) is 5.29. The minimum absolute atomic E-state index is 0.0391. The lowest BCUT2D eigenvalue weighted by Crippen LogP contribution is -2.24. The first kappa shape index (κ1) is 17.8. The number of halogens is 2. The molecule has 1 heterocycles. The molecule has 0 saturated carbocycles. The van der Waals surface area contributed by atoms with Crippen LogP contribution in [-0.2, 0) is 5.33 Å². The number of nitrogens with zero attached hydrogens (tertiary/aromatic N) is 2. The zero-order valence-corrected chi connectivity index (χ0v) is 15.6. The van der Waals surface area contributed by atoms with Gasteiger partial charge in [-0.15, -0.1) is 0 Å². The summed E-state index contributed by atoms with van der Waals surface area (Å²) in [5.41, 5.74) is 0.241. The van der Waals surface area contributed by atoms with E-state index in [0.717, 1.165) is 11.0 Å². The number of rotatable bonds is 5. The van der Waals surface area contributed by atoms with Crippen LogP contribution in [0.3, 0.4) is 0 Å². The number of alkyl halides is 1. The van der Waals surface area contributed by atoms with Crippen LogP contribution in [-0.4, -0.2) is 11.3 Å². The quantitative estimate of drug-likeness (QED) is 0.447. The van der Waals surface area contributed by atoms with Crippen LogP contribution < -0.4 is 9.16 Å². The van der Waals surface area contributed by atoms with E-state index < -0.39 is 5.82 Å². The summed E-state index contributed by atoms with van der Waals surface area (Å²) in [6.45, 7) is 1.97.